The molecule has 25 heavy (non-hydrogen) atoms. The smallest absolute Gasteiger partial charge is 0.335 e. The van der Waals surface area contributed by atoms with Crippen LogP contribution in [0.3, 0.4) is 0 Å². The molecule has 2 aromatic rings. The number of aromatic carboxylic acids is 1. The second-order valence-corrected chi connectivity index (χ2v) is 5.18. The normalized spacial score (nSPS) is 9.48. The first-order valence-corrected chi connectivity index (χ1v) is 7.45. The van der Waals surface area contributed by atoms with Crippen molar-refractivity contribution in [2.75, 3.05) is 0 Å². The maximum absolute atomic E-state index is 12.0. The summed E-state index contributed by atoms with van der Waals surface area (Å²) in [6, 6.07) is 14.8. The van der Waals surface area contributed by atoms with E-state index in [1.807, 2.05) is 6.07 Å². The molecule has 0 aliphatic carbocycles. The van der Waals surface area contributed by atoms with Crippen molar-refractivity contribution in [2.24, 2.45) is 0 Å². The van der Waals surface area contributed by atoms with Crippen molar-refractivity contribution in [3.63, 3.8) is 0 Å². The molecule has 2 rings (SSSR count). The Labute approximate surface area is 144 Å². The first-order chi connectivity index (χ1) is 11.8. The number of benzene rings is 2. The number of hydrogen-bond acceptors (Lipinski definition) is 4. The van der Waals surface area contributed by atoms with Gasteiger partial charge in [-0.3, -0.25) is 9.59 Å². The molecular weight excluding hydrogens is 324 g/mol. The Morgan fingerprint density at radius 3 is 1.80 bits per heavy atom. The Kier molecular flexibility index (Phi) is 7.72. The Balaban J connectivity index is 0.000000333. The largest absolute Gasteiger partial charge is 0.481 e. The highest BCUT2D eigenvalue weighted by molar-refractivity contribution is 6.09. The number of aliphatic carboxylic acids is 1. The van der Waals surface area contributed by atoms with Crippen molar-refractivity contribution in [3.8, 4) is 0 Å². The van der Waals surface area contributed by atoms with Crippen LogP contribution >= 0.6 is 0 Å². The number of carboxylic acids is 2. The Bertz CT molecular complexity index is 750. The number of carboxylic acid groups (broad SMARTS) is 2. The number of hydrogen-bond donors (Lipinski definition) is 2. The van der Waals surface area contributed by atoms with Gasteiger partial charge in [-0.15, -0.1) is 0 Å². The zero-order valence-electron chi connectivity index (χ0n) is 13.6. The van der Waals surface area contributed by atoms with Gasteiger partial charge in [0.15, 0.2) is 5.78 Å². The molecule has 0 saturated heterocycles. The molecule has 6 nitrogen and oxygen atoms in total. The number of carbonyl (C=O) groups is 4. The van der Waals surface area contributed by atoms with E-state index < -0.39 is 11.9 Å². The Hall–Kier alpha value is -3.28. The van der Waals surface area contributed by atoms with Gasteiger partial charge in [0.2, 0.25) is 0 Å². The van der Waals surface area contributed by atoms with Gasteiger partial charge in [0.05, 0.1) is 12.0 Å². The summed E-state index contributed by atoms with van der Waals surface area (Å²) in [6.07, 6.45) is 0.102. The zero-order valence-corrected chi connectivity index (χ0v) is 13.6. The maximum Gasteiger partial charge on any atom is 0.335 e. The van der Waals surface area contributed by atoms with Gasteiger partial charge in [-0.2, -0.15) is 0 Å². The summed E-state index contributed by atoms with van der Waals surface area (Å²) in [5, 5.41) is 16.9. The van der Waals surface area contributed by atoms with E-state index in [2.05, 4.69) is 0 Å². The average molecular weight is 342 g/mol. The molecule has 0 aliphatic rings. The van der Waals surface area contributed by atoms with E-state index in [0.29, 0.717) is 11.1 Å². The summed E-state index contributed by atoms with van der Waals surface area (Å²) in [6.45, 7) is 1.38. The van der Waals surface area contributed by atoms with Crippen LogP contribution in [-0.4, -0.2) is 33.7 Å². The van der Waals surface area contributed by atoms with Crippen LogP contribution in [0.1, 0.15) is 46.0 Å². The van der Waals surface area contributed by atoms with Crippen molar-refractivity contribution in [2.45, 2.75) is 19.8 Å². The average Bonchev–Trinajstić information content (AvgIpc) is 2.60. The minimum Gasteiger partial charge on any atom is -0.481 e. The predicted molar refractivity (Wildman–Crippen MR) is 90.8 cm³/mol. The van der Waals surface area contributed by atoms with Gasteiger partial charge >= 0.3 is 11.9 Å². The molecule has 0 amide bonds. The van der Waals surface area contributed by atoms with Crippen molar-refractivity contribution in [3.05, 3.63) is 71.3 Å². The molecule has 0 heterocycles. The topological polar surface area (TPSA) is 109 Å². The Morgan fingerprint density at radius 2 is 1.32 bits per heavy atom. The molecule has 0 spiro atoms. The van der Waals surface area contributed by atoms with Crippen molar-refractivity contribution >= 4 is 23.5 Å². The lowest BCUT2D eigenvalue weighted by Crippen LogP contribution is -2.03. The molecule has 0 atom stereocenters. The van der Waals surface area contributed by atoms with Gasteiger partial charge in [-0.05, 0) is 19.1 Å². The lowest BCUT2D eigenvalue weighted by Gasteiger charge is -2.02. The van der Waals surface area contributed by atoms with Crippen LogP contribution in [0.15, 0.2) is 54.6 Å². The van der Waals surface area contributed by atoms with E-state index in [-0.39, 0.29) is 30.0 Å². The molecule has 2 aromatic carbocycles. The van der Waals surface area contributed by atoms with Crippen LogP contribution in [0.4, 0.5) is 0 Å². The third-order valence-electron chi connectivity index (χ3n) is 3.10. The van der Waals surface area contributed by atoms with Crippen LogP contribution in [0, 0.1) is 0 Å². The number of rotatable bonds is 6. The monoisotopic (exact) mass is 342 g/mol. The molecule has 0 saturated carbocycles. The first-order valence-electron chi connectivity index (χ1n) is 7.45. The summed E-state index contributed by atoms with van der Waals surface area (Å²) in [5.41, 5.74) is 1.05. The molecule has 0 unspecified atom stereocenters. The Morgan fingerprint density at radius 1 is 0.760 bits per heavy atom. The van der Waals surface area contributed by atoms with E-state index >= 15 is 0 Å². The van der Waals surface area contributed by atoms with Crippen LogP contribution in [0.25, 0.3) is 0 Å². The van der Waals surface area contributed by atoms with E-state index in [1.54, 1.807) is 36.4 Å². The zero-order chi connectivity index (χ0) is 18.8. The van der Waals surface area contributed by atoms with Gasteiger partial charge in [-0.1, -0.05) is 42.5 Å². The molecule has 0 aromatic heterocycles. The number of ketones is 2. The van der Waals surface area contributed by atoms with Gasteiger partial charge in [0, 0.05) is 17.5 Å². The highest BCUT2D eigenvalue weighted by atomic mass is 16.4. The molecule has 6 heteroatoms. The van der Waals surface area contributed by atoms with E-state index in [9.17, 15) is 19.2 Å². The molecular formula is C19H18O6. The quantitative estimate of drug-likeness (QED) is 0.781. The maximum atomic E-state index is 12.0. The molecule has 130 valence electrons. The molecule has 0 aliphatic heterocycles. The number of carbonyl (C=O) groups excluding carboxylic acids is 2. The van der Waals surface area contributed by atoms with Crippen molar-refractivity contribution in [1.82, 2.24) is 0 Å². The summed E-state index contributed by atoms with van der Waals surface area (Å²) >= 11 is 0. The third kappa shape index (κ3) is 7.22. The SMILES string of the molecule is CC(=O)CCC(=O)O.O=C(O)c1cccc(C(=O)c2ccccc2)c1. The second kappa shape index (κ2) is 9.77. The lowest BCUT2D eigenvalue weighted by molar-refractivity contribution is -0.138. The van der Waals surface area contributed by atoms with Crippen LogP contribution in [-0.2, 0) is 9.59 Å². The minimum absolute atomic E-state index is 0.0463. The highest BCUT2D eigenvalue weighted by Gasteiger charge is 2.10. The van der Waals surface area contributed by atoms with Gasteiger partial charge < -0.3 is 15.0 Å². The van der Waals surface area contributed by atoms with Crippen LogP contribution < -0.4 is 0 Å². The predicted octanol–water partition coefficient (Wildman–Crippen LogP) is 3.06. The molecule has 2 N–H and O–H groups in total. The summed E-state index contributed by atoms with van der Waals surface area (Å²) in [4.78, 5) is 42.7. The number of Topliss-reactive ketones (excluding diaryl/α,β-unsaturated/α-hetero) is 1. The fraction of sp³-hybridized carbons (Fsp3) is 0.158. The standard InChI is InChI=1S/C14H10O3.C5H8O3/c15-13(10-5-2-1-3-6-10)11-7-4-8-12(9-11)14(16)17;1-4(6)2-3-5(7)8/h1-9H,(H,16,17);2-3H2,1H3,(H,7,8). The van der Waals surface area contributed by atoms with E-state index in [4.69, 9.17) is 10.2 Å². The minimum atomic E-state index is -1.03. The second-order valence-electron chi connectivity index (χ2n) is 5.18. The first kappa shape index (κ1) is 19.8. The van der Waals surface area contributed by atoms with E-state index in [0.717, 1.165) is 0 Å². The molecule has 0 bridgehead atoms. The summed E-state index contributed by atoms with van der Waals surface area (Å²) in [5.74, 6) is -2.20. The molecule has 0 fully saturated rings. The highest BCUT2D eigenvalue weighted by Crippen LogP contribution is 2.11. The molecule has 0 radical (unpaired) electrons. The van der Waals surface area contributed by atoms with Gasteiger partial charge in [0.25, 0.3) is 0 Å². The van der Waals surface area contributed by atoms with Gasteiger partial charge in [0.1, 0.15) is 5.78 Å². The van der Waals surface area contributed by atoms with Crippen LogP contribution in [0.5, 0.6) is 0 Å². The summed E-state index contributed by atoms with van der Waals surface area (Å²) in [7, 11) is 0. The van der Waals surface area contributed by atoms with Gasteiger partial charge in [-0.25, -0.2) is 4.79 Å². The summed E-state index contributed by atoms with van der Waals surface area (Å²) < 4.78 is 0. The third-order valence-corrected chi connectivity index (χ3v) is 3.10. The van der Waals surface area contributed by atoms with Crippen molar-refractivity contribution < 1.29 is 29.4 Å². The van der Waals surface area contributed by atoms with Crippen molar-refractivity contribution in [1.29, 1.82) is 0 Å². The lowest BCUT2D eigenvalue weighted by atomic mass is 10.0. The van der Waals surface area contributed by atoms with Crippen LogP contribution in [0.2, 0.25) is 0 Å². The fourth-order valence-electron chi connectivity index (χ4n) is 1.83. The fourth-order valence-corrected chi connectivity index (χ4v) is 1.83. The van der Waals surface area contributed by atoms with E-state index in [1.165, 1.54) is 19.1 Å².